The number of nitrogens with zero attached hydrogens (tertiary/aromatic N) is 1. The fraction of sp³-hybridized carbons (Fsp3) is 0.167. The maximum absolute atomic E-state index is 13.7. The second-order valence-electron chi connectivity index (χ2n) is 3.70. The molecule has 4 nitrogen and oxygen atoms in total. The van der Waals surface area contributed by atoms with Gasteiger partial charge in [-0.05, 0) is 19.1 Å². The van der Waals surface area contributed by atoms with E-state index in [0.717, 1.165) is 5.01 Å². The minimum Gasteiger partial charge on any atom is -0.478 e. The predicted molar refractivity (Wildman–Crippen MR) is 67.5 cm³/mol. The molecular formula is C12H11FN2O2S. The van der Waals surface area contributed by atoms with Crippen molar-refractivity contribution in [3.05, 3.63) is 46.2 Å². The third-order valence-corrected chi connectivity index (χ3v) is 3.38. The number of hydrogen-bond donors (Lipinski definition) is 2. The Bertz CT molecular complexity index is 557. The molecule has 1 atom stereocenters. The molecule has 0 aliphatic carbocycles. The molecule has 2 N–H and O–H groups in total. The van der Waals surface area contributed by atoms with Gasteiger partial charge in [-0.3, -0.25) is 0 Å². The average molecular weight is 266 g/mol. The molecule has 0 saturated heterocycles. The molecule has 2 aromatic rings. The summed E-state index contributed by atoms with van der Waals surface area (Å²) in [6.45, 7) is 1.80. The second-order valence-corrected chi connectivity index (χ2v) is 4.63. The molecule has 1 aromatic heterocycles. The molecular weight excluding hydrogens is 255 g/mol. The van der Waals surface area contributed by atoms with Crippen molar-refractivity contribution in [2.24, 2.45) is 0 Å². The number of aromatic nitrogens is 1. The van der Waals surface area contributed by atoms with Crippen LogP contribution in [0.2, 0.25) is 0 Å². The van der Waals surface area contributed by atoms with E-state index in [-0.39, 0.29) is 17.3 Å². The van der Waals surface area contributed by atoms with Crippen molar-refractivity contribution in [3.8, 4) is 0 Å². The van der Waals surface area contributed by atoms with E-state index in [1.165, 1.54) is 29.5 Å². The first-order valence-corrected chi connectivity index (χ1v) is 6.15. The Balaban J connectivity index is 2.31. The van der Waals surface area contributed by atoms with Crippen LogP contribution in [0.15, 0.2) is 29.8 Å². The number of nitrogens with one attached hydrogen (secondary N) is 1. The number of thiazole rings is 1. The Morgan fingerprint density at radius 2 is 2.33 bits per heavy atom. The lowest BCUT2D eigenvalue weighted by atomic mass is 10.1. The molecule has 18 heavy (non-hydrogen) atoms. The highest BCUT2D eigenvalue weighted by atomic mass is 32.1. The lowest BCUT2D eigenvalue weighted by Gasteiger charge is -2.15. The highest BCUT2D eigenvalue weighted by Crippen LogP contribution is 2.26. The zero-order chi connectivity index (χ0) is 13.1. The van der Waals surface area contributed by atoms with E-state index in [1.807, 2.05) is 5.38 Å². The standard InChI is InChI=1S/C12H11FN2O2S/c1-7(11-14-5-6-18-11)15-10-8(12(16)17)3-2-4-9(10)13/h2-7,15H,1H3,(H,16,17). The largest absolute Gasteiger partial charge is 0.478 e. The lowest BCUT2D eigenvalue weighted by Crippen LogP contribution is -2.12. The molecule has 0 aliphatic rings. The fourth-order valence-corrected chi connectivity index (χ4v) is 2.22. The summed E-state index contributed by atoms with van der Waals surface area (Å²) in [7, 11) is 0. The van der Waals surface area contributed by atoms with Crippen LogP contribution >= 0.6 is 11.3 Å². The van der Waals surface area contributed by atoms with Crippen molar-refractivity contribution in [1.82, 2.24) is 4.98 Å². The molecule has 0 fully saturated rings. The fourth-order valence-electron chi connectivity index (χ4n) is 1.58. The van der Waals surface area contributed by atoms with Crippen molar-refractivity contribution in [2.45, 2.75) is 13.0 Å². The molecule has 1 aromatic carbocycles. The number of para-hydroxylation sites is 1. The van der Waals surface area contributed by atoms with Crippen LogP contribution in [-0.4, -0.2) is 16.1 Å². The number of rotatable bonds is 4. The summed E-state index contributed by atoms with van der Waals surface area (Å²) in [5, 5.41) is 14.5. The van der Waals surface area contributed by atoms with Crippen LogP contribution in [0.4, 0.5) is 10.1 Å². The Kier molecular flexibility index (Phi) is 3.57. The third-order valence-electron chi connectivity index (χ3n) is 2.43. The SMILES string of the molecule is CC(Nc1c(F)cccc1C(=O)O)c1nccs1. The van der Waals surface area contributed by atoms with Crippen LogP contribution < -0.4 is 5.32 Å². The van der Waals surface area contributed by atoms with Gasteiger partial charge in [0.1, 0.15) is 10.8 Å². The summed E-state index contributed by atoms with van der Waals surface area (Å²) in [6, 6.07) is 3.71. The molecule has 0 amide bonds. The van der Waals surface area contributed by atoms with Gasteiger partial charge in [0.15, 0.2) is 0 Å². The highest BCUT2D eigenvalue weighted by Gasteiger charge is 2.17. The van der Waals surface area contributed by atoms with Crippen molar-refractivity contribution in [2.75, 3.05) is 5.32 Å². The first-order chi connectivity index (χ1) is 8.59. The maximum Gasteiger partial charge on any atom is 0.337 e. The average Bonchev–Trinajstić information content (AvgIpc) is 2.85. The summed E-state index contributed by atoms with van der Waals surface area (Å²) >= 11 is 1.43. The molecule has 0 aliphatic heterocycles. The van der Waals surface area contributed by atoms with Crippen molar-refractivity contribution >= 4 is 23.0 Å². The summed E-state index contributed by atoms with van der Waals surface area (Å²) in [5.41, 5.74) is -0.0916. The first-order valence-electron chi connectivity index (χ1n) is 5.27. The van der Waals surface area contributed by atoms with E-state index in [9.17, 15) is 9.18 Å². The minimum absolute atomic E-state index is 0.00676. The Morgan fingerprint density at radius 1 is 1.56 bits per heavy atom. The number of carboxylic acid groups (broad SMARTS) is 1. The smallest absolute Gasteiger partial charge is 0.337 e. The summed E-state index contributed by atoms with van der Waals surface area (Å²) < 4.78 is 13.7. The van der Waals surface area contributed by atoms with Gasteiger partial charge in [0.05, 0.1) is 17.3 Å². The van der Waals surface area contributed by atoms with Crippen molar-refractivity contribution in [1.29, 1.82) is 0 Å². The molecule has 0 spiro atoms. The van der Waals surface area contributed by atoms with Crippen LogP contribution in [0.5, 0.6) is 0 Å². The van der Waals surface area contributed by atoms with E-state index in [1.54, 1.807) is 13.1 Å². The van der Waals surface area contributed by atoms with Gasteiger partial charge < -0.3 is 10.4 Å². The highest BCUT2D eigenvalue weighted by molar-refractivity contribution is 7.09. The minimum atomic E-state index is -1.16. The Labute approximate surface area is 107 Å². The molecule has 0 bridgehead atoms. The van der Waals surface area contributed by atoms with Gasteiger partial charge in [0.25, 0.3) is 0 Å². The number of aromatic carboxylic acids is 1. The number of anilines is 1. The van der Waals surface area contributed by atoms with E-state index >= 15 is 0 Å². The summed E-state index contributed by atoms with van der Waals surface area (Å²) in [4.78, 5) is 15.1. The van der Waals surface area contributed by atoms with E-state index in [2.05, 4.69) is 10.3 Å². The topological polar surface area (TPSA) is 62.2 Å². The van der Waals surface area contributed by atoms with Gasteiger partial charge in [-0.15, -0.1) is 11.3 Å². The molecule has 0 radical (unpaired) electrons. The summed E-state index contributed by atoms with van der Waals surface area (Å²) in [6.07, 6.45) is 1.65. The zero-order valence-electron chi connectivity index (χ0n) is 9.55. The first kappa shape index (κ1) is 12.5. The monoisotopic (exact) mass is 266 g/mol. The van der Waals surface area contributed by atoms with E-state index in [0.29, 0.717) is 0 Å². The maximum atomic E-state index is 13.7. The molecule has 1 heterocycles. The predicted octanol–water partition coefficient (Wildman–Crippen LogP) is 3.15. The van der Waals surface area contributed by atoms with Crippen LogP contribution in [-0.2, 0) is 0 Å². The molecule has 94 valence electrons. The van der Waals surface area contributed by atoms with Crippen LogP contribution in [0.3, 0.4) is 0 Å². The van der Waals surface area contributed by atoms with E-state index < -0.39 is 11.8 Å². The van der Waals surface area contributed by atoms with Crippen molar-refractivity contribution < 1.29 is 14.3 Å². The van der Waals surface area contributed by atoms with Crippen molar-refractivity contribution in [3.63, 3.8) is 0 Å². The normalized spacial score (nSPS) is 12.1. The Hall–Kier alpha value is -1.95. The van der Waals surface area contributed by atoms with Gasteiger partial charge in [0.2, 0.25) is 0 Å². The number of benzene rings is 1. The number of hydrogen-bond acceptors (Lipinski definition) is 4. The molecule has 1 unspecified atom stereocenters. The van der Waals surface area contributed by atoms with Gasteiger partial charge in [-0.1, -0.05) is 6.07 Å². The van der Waals surface area contributed by atoms with Gasteiger partial charge in [-0.2, -0.15) is 0 Å². The molecule has 6 heteroatoms. The van der Waals surface area contributed by atoms with Gasteiger partial charge in [0, 0.05) is 11.6 Å². The van der Waals surface area contributed by atoms with Crippen LogP contribution in [0.25, 0.3) is 0 Å². The third kappa shape index (κ3) is 2.48. The van der Waals surface area contributed by atoms with Crippen LogP contribution in [0, 0.1) is 5.82 Å². The lowest BCUT2D eigenvalue weighted by molar-refractivity contribution is 0.0697. The quantitative estimate of drug-likeness (QED) is 0.892. The number of halogens is 1. The summed E-state index contributed by atoms with van der Waals surface area (Å²) in [5.74, 6) is -1.75. The second kappa shape index (κ2) is 5.14. The molecule has 2 rings (SSSR count). The van der Waals surface area contributed by atoms with Crippen LogP contribution in [0.1, 0.15) is 28.3 Å². The number of carbonyl (C=O) groups is 1. The molecule has 0 saturated carbocycles. The van der Waals surface area contributed by atoms with Gasteiger partial charge >= 0.3 is 5.97 Å². The van der Waals surface area contributed by atoms with E-state index in [4.69, 9.17) is 5.11 Å². The Morgan fingerprint density at radius 3 is 2.94 bits per heavy atom. The zero-order valence-corrected chi connectivity index (χ0v) is 10.4. The number of carboxylic acids is 1. The van der Waals surface area contributed by atoms with Gasteiger partial charge in [-0.25, -0.2) is 14.2 Å².